The van der Waals surface area contributed by atoms with E-state index in [1.165, 1.54) is 18.2 Å². The number of benzene rings is 3. The molecule has 1 atom stereocenters. The van der Waals surface area contributed by atoms with Crippen molar-refractivity contribution in [3.8, 4) is 0 Å². The number of rotatable bonds is 9. The van der Waals surface area contributed by atoms with Crippen LogP contribution in [0.25, 0.3) is 0 Å². The molecule has 1 saturated heterocycles. The third-order valence-electron chi connectivity index (χ3n) is 7.49. The Labute approximate surface area is 235 Å². The van der Waals surface area contributed by atoms with Crippen molar-refractivity contribution < 1.29 is 18.8 Å². The Morgan fingerprint density at radius 2 is 1.50 bits per heavy atom. The fourth-order valence-corrected chi connectivity index (χ4v) is 5.21. The molecule has 8 heteroatoms. The molecule has 1 aliphatic rings. The largest absolute Gasteiger partial charge is 0.367 e. The highest BCUT2D eigenvalue weighted by Gasteiger charge is 2.29. The average molecular weight is 545 g/mol. The number of anilines is 2. The van der Waals surface area contributed by atoms with Crippen LogP contribution in [0.3, 0.4) is 0 Å². The summed E-state index contributed by atoms with van der Waals surface area (Å²) in [5.41, 5.74) is 2.59. The van der Waals surface area contributed by atoms with Gasteiger partial charge in [-0.05, 0) is 56.2 Å². The van der Waals surface area contributed by atoms with Crippen molar-refractivity contribution in [2.24, 2.45) is 0 Å². The lowest BCUT2D eigenvalue weighted by atomic mass is 9.94. The summed E-state index contributed by atoms with van der Waals surface area (Å²) in [6.07, 6.45) is 0.728. The van der Waals surface area contributed by atoms with Gasteiger partial charge in [-0.2, -0.15) is 0 Å². The zero-order valence-corrected chi connectivity index (χ0v) is 23.4. The molecule has 1 unspecified atom stereocenters. The molecule has 7 nitrogen and oxygen atoms in total. The van der Waals surface area contributed by atoms with Crippen molar-refractivity contribution in [2.75, 3.05) is 49.5 Å². The molecule has 40 heavy (non-hydrogen) atoms. The summed E-state index contributed by atoms with van der Waals surface area (Å²) in [7, 11) is 0. The Morgan fingerprint density at radius 1 is 0.850 bits per heavy atom. The minimum Gasteiger partial charge on any atom is -0.367 e. The zero-order valence-electron chi connectivity index (χ0n) is 23.4. The van der Waals surface area contributed by atoms with E-state index < -0.39 is 11.7 Å². The van der Waals surface area contributed by atoms with Gasteiger partial charge in [0.1, 0.15) is 5.82 Å². The predicted octanol–water partition coefficient (Wildman–Crippen LogP) is 5.40. The molecule has 0 saturated carbocycles. The van der Waals surface area contributed by atoms with Gasteiger partial charge in [-0.3, -0.25) is 14.4 Å². The van der Waals surface area contributed by atoms with Crippen LogP contribution in [0.4, 0.5) is 15.8 Å². The molecule has 210 valence electrons. The smallest absolute Gasteiger partial charge is 0.258 e. The number of nitrogens with zero attached hydrogens (tertiary/aromatic N) is 3. The lowest BCUT2D eigenvalue weighted by Gasteiger charge is -2.38. The van der Waals surface area contributed by atoms with Gasteiger partial charge in [-0.15, -0.1) is 0 Å². The van der Waals surface area contributed by atoms with Gasteiger partial charge >= 0.3 is 0 Å². The third kappa shape index (κ3) is 6.33. The maximum atomic E-state index is 14.2. The van der Waals surface area contributed by atoms with Crippen LogP contribution in [-0.2, 0) is 4.79 Å². The lowest BCUT2D eigenvalue weighted by Crippen LogP contribution is -2.50. The average Bonchev–Trinajstić information content (AvgIpc) is 2.99. The van der Waals surface area contributed by atoms with Crippen LogP contribution >= 0.6 is 0 Å². The standard InChI is InChI=1S/C32H37FN4O3/c1-4-25(23-12-8-7-9-13-23)31(39)37-20-18-36(19-21-37)29-17-16-24(22-27(29)32(40)35(5-2)6-3)34-30(38)26-14-10-11-15-28(26)33/h7-17,22,25H,4-6,18-21H2,1-3H3,(H,34,38). The molecule has 3 aromatic rings. The summed E-state index contributed by atoms with van der Waals surface area (Å²) in [5, 5.41) is 2.73. The Kier molecular flexibility index (Phi) is 9.53. The first-order valence-electron chi connectivity index (χ1n) is 14.0. The van der Waals surface area contributed by atoms with Gasteiger partial charge in [0, 0.05) is 50.6 Å². The summed E-state index contributed by atoms with van der Waals surface area (Å²) >= 11 is 0. The monoisotopic (exact) mass is 544 g/mol. The first-order valence-corrected chi connectivity index (χ1v) is 14.0. The topological polar surface area (TPSA) is 73.0 Å². The van der Waals surface area contributed by atoms with E-state index >= 15 is 0 Å². The van der Waals surface area contributed by atoms with Gasteiger partial charge in [0.05, 0.1) is 17.0 Å². The van der Waals surface area contributed by atoms with Gasteiger partial charge in [0.15, 0.2) is 0 Å². The second-order valence-electron chi connectivity index (χ2n) is 9.83. The van der Waals surface area contributed by atoms with Gasteiger partial charge in [0.2, 0.25) is 5.91 Å². The molecule has 1 heterocycles. The number of halogens is 1. The van der Waals surface area contributed by atoms with Crippen molar-refractivity contribution in [2.45, 2.75) is 33.1 Å². The molecule has 0 spiro atoms. The molecule has 3 aromatic carbocycles. The number of nitrogens with one attached hydrogen (secondary N) is 1. The van der Waals surface area contributed by atoms with Crippen LogP contribution in [0.1, 0.15) is 59.4 Å². The quantitative estimate of drug-likeness (QED) is 0.391. The first-order chi connectivity index (χ1) is 19.4. The van der Waals surface area contributed by atoms with E-state index in [2.05, 4.69) is 10.2 Å². The molecule has 1 N–H and O–H groups in total. The number of carbonyl (C=O) groups excluding carboxylic acids is 3. The second kappa shape index (κ2) is 13.2. The summed E-state index contributed by atoms with van der Waals surface area (Å²) < 4.78 is 14.2. The SMILES string of the molecule is CCC(C(=O)N1CCN(c2ccc(NC(=O)c3ccccc3F)cc2C(=O)N(CC)CC)CC1)c1ccccc1. The number of amides is 3. The minimum atomic E-state index is -0.610. The molecule has 3 amide bonds. The number of piperazine rings is 1. The van der Waals surface area contributed by atoms with Gasteiger partial charge < -0.3 is 20.0 Å². The summed E-state index contributed by atoms with van der Waals surface area (Å²) in [6.45, 7) is 9.22. The fraction of sp³-hybridized carbons (Fsp3) is 0.344. The van der Waals surface area contributed by atoms with Gasteiger partial charge in [0.25, 0.3) is 11.8 Å². The highest BCUT2D eigenvalue weighted by atomic mass is 19.1. The Morgan fingerprint density at radius 3 is 2.12 bits per heavy atom. The first kappa shape index (κ1) is 28.8. The van der Waals surface area contributed by atoms with Gasteiger partial charge in [-0.25, -0.2) is 4.39 Å². The van der Waals surface area contributed by atoms with Crippen LogP contribution in [-0.4, -0.2) is 66.8 Å². The molecular formula is C32H37FN4O3. The second-order valence-corrected chi connectivity index (χ2v) is 9.83. The molecule has 0 bridgehead atoms. The van der Waals surface area contributed by atoms with Crippen molar-refractivity contribution in [3.63, 3.8) is 0 Å². The summed E-state index contributed by atoms with van der Waals surface area (Å²) in [4.78, 5) is 45.4. The van der Waals surface area contributed by atoms with Gasteiger partial charge in [-0.1, -0.05) is 49.4 Å². The Balaban J connectivity index is 1.54. The van der Waals surface area contributed by atoms with Crippen LogP contribution in [0.2, 0.25) is 0 Å². The summed E-state index contributed by atoms with van der Waals surface area (Å²) in [6, 6.07) is 20.9. The molecule has 0 aromatic heterocycles. The van der Waals surface area contributed by atoms with Crippen molar-refractivity contribution >= 4 is 29.1 Å². The molecule has 0 aliphatic carbocycles. The van der Waals surface area contributed by atoms with Crippen LogP contribution < -0.4 is 10.2 Å². The summed E-state index contributed by atoms with van der Waals surface area (Å²) in [5.74, 6) is -1.39. The number of carbonyl (C=O) groups is 3. The maximum Gasteiger partial charge on any atom is 0.258 e. The molecule has 0 radical (unpaired) electrons. The van der Waals surface area contributed by atoms with E-state index in [1.807, 2.05) is 62.1 Å². The van der Waals surface area contributed by atoms with Crippen molar-refractivity contribution in [1.82, 2.24) is 9.80 Å². The highest BCUT2D eigenvalue weighted by Crippen LogP contribution is 2.29. The minimum absolute atomic E-state index is 0.0649. The normalized spacial score (nSPS) is 14.0. The van der Waals surface area contributed by atoms with E-state index in [0.29, 0.717) is 50.5 Å². The van der Waals surface area contributed by atoms with Crippen LogP contribution in [0.5, 0.6) is 0 Å². The lowest BCUT2D eigenvalue weighted by molar-refractivity contribution is -0.133. The number of hydrogen-bond acceptors (Lipinski definition) is 4. The van der Waals surface area contributed by atoms with E-state index in [9.17, 15) is 18.8 Å². The Bertz CT molecular complexity index is 1330. The van der Waals surface area contributed by atoms with Crippen LogP contribution in [0, 0.1) is 5.82 Å². The van der Waals surface area contributed by atoms with E-state index in [-0.39, 0.29) is 23.3 Å². The zero-order chi connectivity index (χ0) is 28.6. The van der Waals surface area contributed by atoms with E-state index in [1.54, 1.807) is 23.1 Å². The Hall–Kier alpha value is -4.20. The van der Waals surface area contributed by atoms with E-state index in [0.717, 1.165) is 17.7 Å². The van der Waals surface area contributed by atoms with E-state index in [4.69, 9.17) is 0 Å². The third-order valence-corrected chi connectivity index (χ3v) is 7.49. The molecule has 1 aliphatic heterocycles. The molecule has 1 fully saturated rings. The molecule has 4 rings (SSSR count). The number of hydrogen-bond donors (Lipinski definition) is 1. The highest BCUT2D eigenvalue weighted by molar-refractivity contribution is 6.06. The maximum absolute atomic E-state index is 14.2. The fourth-order valence-electron chi connectivity index (χ4n) is 5.21. The van der Waals surface area contributed by atoms with Crippen molar-refractivity contribution in [3.05, 3.63) is 95.3 Å². The van der Waals surface area contributed by atoms with Crippen LogP contribution in [0.15, 0.2) is 72.8 Å². The predicted molar refractivity (Wildman–Crippen MR) is 156 cm³/mol. The molecular weight excluding hydrogens is 507 g/mol. The van der Waals surface area contributed by atoms with Crippen molar-refractivity contribution in [1.29, 1.82) is 0 Å².